The molecule has 0 bridgehead atoms. The topological polar surface area (TPSA) is 74.7 Å². The van der Waals surface area contributed by atoms with Crippen molar-refractivity contribution < 1.29 is 0 Å². The van der Waals surface area contributed by atoms with Gasteiger partial charge in [0, 0.05) is 0 Å². The van der Waals surface area contributed by atoms with E-state index in [0.29, 0.717) is 26.6 Å². The Kier molecular flexibility index (Phi) is 3.70. The number of nitriles is 1. The summed E-state index contributed by atoms with van der Waals surface area (Å²) in [6, 6.07) is 9.00. The largest absolute Gasteiger partial charge is 0.397 e. The third-order valence-corrected chi connectivity index (χ3v) is 3.63. The highest BCUT2D eigenvalue weighted by Crippen LogP contribution is 2.32. The molecule has 90 valence electrons. The zero-order valence-electron chi connectivity index (χ0n) is 9.11. The first-order valence-corrected chi connectivity index (χ1v) is 6.15. The number of halogens is 2. The van der Waals surface area contributed by atoms with Gasteiger partial charge in [0.1, 0.15) is 11.9 Å². The van der Waals surface area contributed by atoms with Crippen LogP contribution in [0.25, 0.3) is 0 Å². The highest BCUT2D eigenvalue weighted by molar-refractivity contribution is 9.10. The molecule has 0 unspecified atom stereocenters. The van der Waals surface area contributed by atoms with Crippen molar-refractivity contribution in [3.63, 3.8) is 0 Å². The first-order valence-electron chi connectivity index (χ1n) is 4.98. The van der Waals surface area contributed by atoms with E-state index in [0.717, 1.165) is 5.69 Å². The number of aromatic nitrogens is 1. The summed E-state index contributed by atoms with van der Waals surface area (Å²) in [7, 11) is 0. The third kappa shape index (κ3) is 2.55. The lowest BCUT2D eigenvalue weighted by molar-refractivity contribution is 1.28. The van der Waals surface area contributed by atoms with Crippen LogP contribution in [0.2, 0.25) is 5.02 Å². The van der Waals surface area contributed by atoms with E-state index in [-0.39, 0.29) is 0 Å². The minimum absolute atomic E-state index is 0.377. The number of rotatable bonds is 2. The number of hydrogen-bond donors (Lipinski definition) is 2. The summed E-state index contributed by atoms with van der Waals surface area (Å²) in [5.41, 5.74) is 7.13. The predicted molar refractivity (Wildman–Crippen MR) is 75.8 cm³/mol. The average molecular weight is 324 g/mol. The zero-order valence-corrected chi connectivity index (χ0v) is 11.5. The Morgan fingerprint density at radius 3 is 2.94 bits per heavy atom. The van der Waals surface area contributed by atoms with Gasteiger partial charge in [-0.25, -0.2) is 4.98 Å². The maximum absolute atomic E-state index is 9.02. The number of nitrogens with two attached hydrogens (primary N) is 1. The molecule has 0 spiro atoms. The van der Waals surface area contributed by atoms with E-state index in [1.807, 2.05) is 12.1 Å². The minimum Gasteiger partial charge on any atom is -0.397 e. The van der Waals surface area contributed by atoms with E-state index in [1.54, 1.807) is 18.2 Å². The van der Waals surface area contributed by atoms with Crippen LogP contribution >= 0.6 is 27.5 Å². The van der Waals surface area contributed by atoms with Gasteiger partial charge in [0.25, 0.3) is 0 Å². The standard InChI is InChI=1S/C12H8BrClN4/c13-11-9(14)2-1-3-10(11)18-12-7(5-15)4-8(16)6-17-12/h1-4,6H,16H2,(H,17,18). The van der Waals surface area contributed by atoms with Gasteiger partial charge in [0.2, 0.25) is 0 Å². The Morgan fingerprint density at radius 1 is 1.44 bits per heavy atom. The van der Waals surface area contributed by atoms with Crippen LogP contribution in [0.3, 0.4) is 0 Å². The lowest BCUT2D eigenvalue weighted by Gasteiger charge is -2.10. The SMILES string of the molecule is N#Cc1cc(N)cnc1Nc1cccc(Cl)c1Br. The second-order valence-electron chi connectivity index (χ2n) is 3.50. The summed E-state index contributed by atoms with van der Waals surface area (Å²) in [5.74, 6) is 0.440. The normalized spacial score (nSPS) is 9.83. The molecule has 0 aliphatic carbocycles. The van der Waals surface area contributed by atoms with Gasteiger partial charge in [-0.05, 0) is 34.1 Å². The molecule has 18 heavy (non-hydrogen) atoms. The molecule has 0 radical (unpaired) electrons. The molecule has 0 atom stereocenters. The summed E-state index contributed by atoms with van der Waals surface area (Å²) in [5, 5.41) is 12.6. The van der Waals surface area contributed by atoms with Crippen LogP contribution < -0.4 is 11.1 Å². The molecular weight excluding hydrogens is 316 g/mol. The molecule has 0 amide bonds. The molecule has 3 N–H and O–H groups in total. The Bertz CT molecular complexity index is 636. The van der Waals surface area contributed by atoms with Crippen molar-refractivity contribution in [1.82, 2.24) is 4.98 Å². The van der Waals surface area contributed by atoms with E-state index in [2.05, 4.69) is 26.2 Å². The summed E-state index contributed by atoms with van der Waals surface area (Å²) < 4.78 is 0.717. The Hall–Kier alpha value is -1.77. The fraction of sp³-hybridized carbons (Fsp3) is 0. The number of nitrogens with zero attached hydrogens (tertiary/aromatic N) is 2. The molecule has 0 saturated heterocycles. The number of anilines is 3. The van der Waals surface area contributed by atoms with Gasteiger partial charge in [-0.15, -0.1) is 0 Å². The first kappa shape index (κ1) is 12.7. The predicted octanol–water partition coefficient (Wildman–Crippen LogP) is 3.69. The number of benzene rings is 1. The van der Waals surface area contributed by atoms with Gasteiger partial charge in [-0.3, -0.25) is 0 Å². The minimum atomic E-state index is 0.377. The number of nitrogens with one attached hydrogen (secondary N) is 1. The third-order valence-electron chi connectivity index (χ3n) is 2.23. The van der Waals surface area contributed by atoms with Crippen molar-refractivity contribution >= 4 is 44.7 Å². The molecule has 1 aromatic heterocycles. The van der Waals surface area contributed by atoms with Crippen molar-refractivity contribution in [3.05, 3.63) is 45.5 Å². The van der Waals surface area contributed by atoms with Gasteiger partial charge in [-0.1, -0.05) is 17.7 Å². The average Bonchev–Trinajstić information content (AvgIpc) is 2.37. The van der Waals surface area contributed by atoms with E-state index in [9.17, 15) is 0 Å². The molecule has 0 aliphatic rings. The van der Waals surface area contributed by atoms with Crippen LogP contribution in [-0.2, 0) is 0 Å². The molecule has 2 aromatic rings. The molecular formula is C12H8BrClN4. The summed E-state index contributed by atoms with van der Waals surface area (Å²) in [6.45, 7) is 0. The zero-order chi connectivity index (χ0) is 13.1. The van der Waals surface area contributed by atoms with Crippen molar-refractivity contribution in [2.75, 3.05) is 11.1 Å². The lowest BCUT2D eigenvalue weighted by atomic mass is 10.2. The molecule has 4 nitrogen and oxygen atoms in total. The summed E-state index contributed by atoms with van der Waals surface area (Å²) in [4.78, 5) is 4.09. The van der Waals surface area contributed by atoms with Crippen LogP contribution in [0.15, 0.2) is 34.9 Å². The van der Waals surface area contributed by atoms with Crippen LogP contribution in [-0.4, -0.2) is 4.98 Å². The number of pyridine rings is 1. The van der Waals surface area contributed by atoms with E-state index >= 15 is 0 Å². The Balaban J connectivity index is 2.41. The van der Waals surface area contributed by atoms with E-state index < -0.39 is 0 Å². The lowest BCUT2D eigenvalue weighted by Crippen LogP contribution is -1.99. The van der Waals surface area contributed by atoms with Crippen LogP contribution in [0.1, 0.15) is 5.56 Å². The number of nitrogen functional groups attached to an aromatic ring is 1. The van der Waals surface area contributed by atoms with Gasteiger partial charge in [0.05, 0.1) is 32.6 Å². The second kappa shape index (κ2) is 5.25. The summed E-state index contributed by atoms with van der Waals surface area (Å²) in [6.07, 6.45) is 1.49. The monoisotopic (exact) mass is 322 g/mol. The highest BCUT2D eigenvalue weighted by atomic mass is 79.9. The van der Waals surface area contributed by atoms with Crippen LogP contribution in [0, 0.1) is 11.3 Å². The smallest absolute Gasteiger partial charge is 0.148 e. The van der Waals surface area contributed by atoms with Crippen LogP contribution in [0.5, 0.6) is 0 Å². The maximum atomic E-state index is 9.02. The molecule has 6 heteroatoms. The highest BCUT2D eigenvalue weighted by Gasteiger charge is 2.08. The molecule has 0 fully saturated rings. The van der Waals surface area contributed by atoms with Crippen LogP contribution in [0.4, 0.5) is 17.2 Å². The molecule has 1 heterocycles. The summed E-state index contributed by atoms with van der Waals surface area (Å²) >= 11 is 9.36. The van der Waals surface area contributed by atoms with Crippen molar-refractivity contribution in [3.8, 4) is 6.07 Å². The van der Waals surface area contributed by atoms with Crippen molar-refractivity contribution in [2.45, 2.75) is 0 Å². The first-order chi connectivity index (χ1) is 8.61. The van der Waals surface area contributed by atoms with Gasteiger partial charge >= 0.3 is 0 Å². The van der Waals surface area contributed by atoms with Crippen molar-refractivity contribution in [1.29, 1.82) is 5.26 Å². The van der Waals surface area contributed by atoms with Gasteiger partial charge < -0.3 is 11.1 Å². The molecule has 0 aliphatic heterocycles. The van der Waals surface area contributed by atoms with Gasteiger partial charge in [-0.2, -0.15) is 5.26 Å². The van der Waals surface area contributed by atoms with E-state index in [1.165, 1.54) is 6.20 Å². The van der Waals surface area contributed by atoms with E-state index in [4.69, 9.17) is 22.6 Å². The fourth-order valence-electron chi connectivity index (χ4n) is 1.39. The molecule has 0 saturated carbocycles. The fourth-order valence-corrected chi connectivity index (χ4v) is 1.93. The molecule has 2 rings (SSSR count). The number of hydrogen-bond acceptors (Lipinski definition) is 4. The second-order valence-corrected chi connectivity index (χ2v) is 4.70. The van der Waals surface area contributed by atoms with Crippen molar-refractivity contribution in [2.24, 2.45) is 0 Å². The molecule has 1 aromatic carbocycles. The quantitative estimate of drug-likeness (QED) is 0.883. The Morgan fingerprint density at radius 2 is 2.22 bits per heavy atom. The maximum Gasteiger partial charge on any atom is 0.148 e. The van der Waals surface area contributed by atoms with Gasteiger partial charge in [0.15, 0.2) is 0 Å². The Labute approximate surface area is 118 Å².